The highest BCUT2D eigenvalue weighted by atomic mass is 32.2. The first kappa shape index (κ1) is 17.3. The Bertz CT molecular complexity index is 397. The first-order valence-corrected chi connectivity index (χ1v) is 9.96. The zero-order valence-corrected chi connectivity index (χ0v) is 15.2. The third-order valence-corrected chi connectivity index (χ3v) is 7.07. The van der Waals surface area contributed by atoms with Crippen molar-refractivity contribution in [2.45, 2.75) is 74.7 Å². The van der Waals surface area contributed by atoms with Gasteiger partial charge in [0.1, 0.15) is 24.4 Å². The van der Waals surface area contributed by atoms with Crippen molar-refractivity contribution in [2.75, 3.05) is 18.1 Å². The van der Waals surface area contributed by atoms with E-state index in [1.54, 1.807) is 0 Å². The summed E-state index contributed by atoms with van der Waals surface area (Å²) in [6.45, 7) is 7.76. The Morgan fingerprint density at radius 2 is 1.45 bits per heavy atom. The van der Waals surface area contributed by atoms with Crippen molar-refractivity contribution in [1.82, 2.24) is 0 Å². The van der Waals surface area contributed by atoms with Crippen LogP contribution in [0.5, 0.6) is 0 Å². The number of aliphatic hydroxyl groups is 1. The molecule has 3 aliphatic rings. The number of hydrogen-bond acceptors (Lipinski definition) is 7. The fourth-order valence-electron chi connectivity index (χ4n) is 3.08. The topological polar surface area (TPSA) is 57.2 Å². The molecule has 3 aliphatic heterocycles. The molecule has 3 heterocycles. The monoisotopic (exact) mass is 350 g/mol. The van der Waals surface area contributed by atoms with Gasteiger partial charge in [0.15, 0.2) is 11.6 Å². The Hall–Kier alpha value is 0.500. The predicted octanol–water partition coefficient (Wildman–Crippen LogP) is 2.22. The molecule has 0 aromatic heterocycles. The molecule has 4 atom stereocenters. The average molecular weight is 351 g/mol. The van der Waals surface area contributed by atoms with E-state index in [0.717, 1.165) is 11.5 Å². The first-order valence-electron chi connectivity index (χ1n) is 7.86. The van der Waals surface area contributed by atoms with Gasteiger partial charge in [-0.15, -0.1) is 23.5 Å². The van der Waals surface area contributed by atoms with Crippen molar-refractivity contribution >= 4 is 23.5 Å². The summed E-state index contributed by atoms with van der Waals surface area (Å²) in [6, 6.07) is 0. The van der Waals surface area contributed by atoms with Crippen LogP contribution in [0, 0.1) is 0 Å². The Morgan fingerprint density at radius 1 is 0.864 bits per heavy atom. The molecule has 0 aromatic carbocycles. The summed E-state index contributed by atoms with van der Waals surface area (Å²) >= 11 is 3.83. The third-order valence-electron chi connectivity index (χ3n) is 4.01. The molecule has 0 bridgehead atoms. The van der Waals surface area contributed by atoms with Crippen molar-refractivity contribution in [3.05, 3.63) is 0 Å². The van der Waals surface area contributed by atoms with E-state index in [2.05, 4.69) is 0 Å². The van der Waals surface area contributed by atoms with Gasteiger partial charge < -0.3 is 24.1 Å². The molecule has 0 radical (unpaired) electrons. The van der Waals surface area contributed by atoms with E-state index in [1.807, 2.05) is 51.2 Å². The van der Waals surface area contributed by atoms with E-state index in [-0.39, 0.29) is 18.8 Å². The molecule has 0 saturated carbocycles. The highest BCUT2D eigenvalue weighted by molar-refractivity contribution is 8.17. The van der Waals surface area contributed by atoms with Gasteiger partial charge in [-0.25, -0.2) is 0 Å². The van der Waals surface area contributed by atoms with Crippen molar-refractivity contribution < 1.29 is 24.1 Å². The molecule has 128 valence electrons. The highest BCUT2D eigenvalue weighted by Gasteiger charge is 2.53. The smallest absolute Gasteiger partial charge is 0.163 e. The molecule has 0 spiro atoms. The fraction of sp³-hybridized carbons (Fsp3) is 1.00. The lowest BCUT2D eigenvalue weighted by Crippen LogP contribution is -2.61. The Morgan fingerprint density at radius 3 is 2.14 bits per heavy atom. The zero-order valence-electron chi connectivity index (χ0n) is 13.6. The summed E-state index contributed by atoms with van der Waals surface area (Å²) in [5.41, 5.74) is 0. The second-order valence-corrected chi connectivity index (χ2v) is 9.69. The molecular formula is C15H26O5S2. The van der Waals surface area contributed by atoms with Gasteiger partial charge in [-0.05, 0) is 45.6 Å². The van der Waals surface area contributed by atoms with Crippen LogP contribution in [0.15, 0.2) is 0 Å². The van der Waals surface area contributed by atoms with Crippen LogP contribution in [-0.4, -0.2) is 63.8 Å². The number of hydrogen-bond donors (Lipinski definition) is 1. The molecule has 3 rings (SSSR count). The van der Waals surface area contributed by atoms with Gasteiger partial charge >= 0.3 is 0 Å². The summed E-state index contributed by atoms with van der Waals surface area (Å²) in [7, 11) is 0. The molecule has 0 aromatic rings. The van der Waals surface area contributed by atoms with Gasteiger partial charge in [0.2, 0.25) is 0 Å². The Labute approximate surface area is 140 Å². The summed E-state index contributed by atoms with van der Waals surface area (Å²) in [5, 5.41) is 10.5. The van der Waals surface area contributed by atoms with Gasteiger partial charge in [0.25, 0.3) is 0 Å². The second-order valence-electron chi connectivity index (χ2n) is 6.89. The van der Waals surface area contributed by atoms with Crippen LogP contribution in [0.3, 0.4) is 0 Å². The maximum Gasteiger partial charge on any atom is 0.163 e. The number of rotatable bonds is 1. The number of fused-ring (bicyclic) bond motifs is 1. The molecule has 3 fully saturated rings. The molecule has 3 saturated heterocycles. The number of aliphatic hydroxyl groups excluding tert-OH is 1. The first-order chi connectivity index (χ1) is 10.3. The standard InChI is InChI=1S/C15H26O5S2/c1-14(2)17-8-9(16)10-11(19-14)12(20-15(3,4)18-10)13-21-6-5-7-22-13/h9-13,16H,5-8H2,1-4H3/t9-,10+,11+,12+/m1/s1. The zero-order chi connectivity index (χ0) is 16.0. The number of thioether (sulfide) groups is 2. The quantitative estimate of drug-likeness (QED) is 0.778. The van der Waals surface area contributed by atoms with Crippen molar-refractivity contribution in [2.24, 2.45) is 0 Å². The van der Waals surface area contributed by atoms with Gasteiger partial charge in [-0.2, -0.15) is 0 Å². The lowest BCUT2D eigenvalue weighted by atomic mass is 10.0. The number of ether oxygens (including phenoxy) is 4. The van der Waals surface area contributed by atoms with E-state index in [9.17, 15) is 5.11 Å². The maximum absolute atomic E-state index is 10.5. The normalized spacial score (nSPS) is 42.4. The Kier molecular flexibility index (Phi) is 5.06. The maximum atomic E-state index is 10.5. The van der Waals surface area contributed by atoms with E-state index in [4.69, 9.17) is 18.9 Å². The van der Waals surface area contributed by atoms with Crippen LogP contribution in [0.2, 0.25) is 0 Å². The van der Waals surface area contributed by atoms with E-state index in [1.165, 1.54) is 6.42 Å². The second kappa shape index (κ2) is 6.43. The van der Waals surface area contributed by atoms with Crippen LogP contribution in [0.1, 0.15) is 34.1 Å². The highest BCUT2D eigenvalue weighted by Crippen LogP contribution is 2.43. The van der Waals surface area contributed by atoms with Crippen LogP contribution < -0.4 is 0 Å². The summed E-state index contributed by atoms with van der Waals surface area (Å²) in [5.74, 6) is 0.789. The molecule has 0 aliphatic carbocycles. The minimum Gasteiger partial charge on any atom is -0.388 e. The SMILES string of the molecule is CC1(C)OC[C@@H](O)[C@@H]2OC(C)(C)O[C@H](C3SCCCS3)[C@H]2O1. The van der Waals surface area contributed by atoms with Crippen LogP contribution in [0.4, 0.5) is 0 Å². The molecule has 22 heavy (non-hydrogen) atoms. The van der Waals surface area contributed by atoms with Crippen molar-refractivity contribution in [3.8, 4) is 0 Å². The summed E-state index contributed by atoms with van der Waals surface area (Å²) in [6.07, 6.45) is -0.372. The average Bonchev–Trinajstić information content (AvgIpc) is 2.57. The van der Waals surface area contributed by atoms with Crippen LogP contribution in [-0.2, 0) is 18.9 Å². The van der Waals surface area contributed by atoms with Gasteiger partial charge in [0, 0.05) is 0 Å². The van der Waals surface area contributed by atoms with Crippen molar-refractivity contribution in [3.63, 3.8) is 0 Å². The van der Waals surface area contributed by atoms with E-state index < -0.39 is 23.8 Å². The van der Waals surface area contributed by atoms with Crippen LogP contribution in [0.25, 0.3) is 0 Å². The van der Waals surface area contributed by atoms with E-state index in [0.29, 0.717) is 4.58 Å². The molecule has 7 heteroatoms. The van der Waals surface area contributed by atoms with Gasteiger partial charge in [-0.3, -0.25) is 0 Å². The van der Waals surface area contributed by atoms with Gasteiger partial charge in [-0.1, -0.05) is 0 Å². The lowest BCUT2D eigenvalue weighted by molar-refractivity contribution is -0.358. The largest absolute Gasteiger partial charge is 0.388 e. The van der Waals surface area contributed by atoms with Gasteiger partial charge in [0.05, 0.1) is 11.2 Å². The third kappa shape index (κ3) is 3.77. The lowest BCUT2D eigenvalue weighted by Gasteiger charge is -2.49. The molecule has 5 nitrogen and oxygen atoms in total. The Balaban J connectivity index is 1.87. The summed E-state index contributed by atoms with van der Waals surface area (Å²) in [4.78, 5) is 0. The predicted molar refractivity (Wildman–Crippen MR) is 88.1 cm³/mol. The van der Waals surface area contributed by atoms with Crippen molar-refractivity contribution in [1.29, 1.82) is 0 Å². The molecule has 0 amide bonds. The van der Waals surface area contributed by atoms with E-state index >= 15 is 0 Å². The fourth-order valence-corrected chi connectivity index (χ4v) is 6.12. The van der Waals surface area contributed by atoms with Crippen LogP contribution >= 0.6 is 23.5 Å². The minimum atomic E-state index is -0.753. The molecule has 1 N–H and O–H groups in total. The minimum absolute atomic E-state index is 0.125. The molecule has 0 unspecified atom stereocenters. The molecular weight excluding hydrogens is 324 g/mol. The summed E-state index contributed by atoms with van der Waals surface area (Å²) < 4.78 is 24.4.